The molecule has 3 heterocycles. The summed E-state index contributed by atoms with van der Waals surface area (Å²) in [4.78, 5) is 12.1. The highest BCUT2D eigenvalue weighted by Gasteiger charge is 2.38. The third kappa shape index (κ3) is 6.20. The second kappa shape index (κ2) is 11.1. The topological polar surface area (TPSA) is 56.7 Å². The summed E-state index contributed by atoms with van der Waals surface area (Å²) >= 11 is 0. The molecule has 0 aromatic carbocycles. The standard InChI is InChI=1S/C26H39N3O3/c1-19(2)21-11-9-13-24(27-21)32-18-23(29-15-7-8-16-29)26(4,5)22-12-10-14-25(28-22)31-17-20(3)30-6/h9-14,19-20,23H,7-8,15-18H2,1-6H3/t20-,23?/m1/s1. The minimum absolute atomic E-state index is 0.0216. The van der Waals surface area contributed by atoms with Crippen LogP contribution in [0.15, 0.2) is 36.4 Å². The van der Waals surface area contributed by atoms with Crippen LogP contribution in [-0.4, -0.2) is 60.4 Å². The number of hydrogen-bond acceptors (Lipinski definition) is 6. The van der Waals surface area contributed by atoms with E-state index in [-0.39, 0.29) is 17.6 Å². The Balaban J connectivity index is 1.79. The fourth-order valence-electron chi connectivity index (χ4n) is 4.12. The SMILES string of the molecule is CO[C@H](C)COc1cccc(C(C)(C)C(COc2cccc(C(C)C)n2)N2CCCC2)n1. The summed E-state index contributed by atoms with van der Waals surface area (Å²) in [6.07, 6.45) is 2.46. The maximum absolute atomic E-state index is 6.27. The van der Waals surface area contributed by atoms with E-state index in [0.29, 0.717) is 30.9 Å². The number of hydrogen-bond donors (Lipinski definition) is 0. The molecule has 0 radical (unpaired) electrons. The fraction of sp³-hybridized carbons (Fsp3) is 0.615. The Morgan fingerprint density at radius 3 is 2.19 bits per heavy atom. The van der Waals surface area contributed by atoms with Crippen molar-refractivity contribution in [1.29, 1.82) is 0 Å². The van der Waals surface area contributed by atoms with Crippen LogP contribution in [0.4, 0.5) is 0 Å². The highest BCUT2D eigenvalue weighted by Crippen LogP contribution is 2.33. The number of methoxy groups -OCH3 is 1. The van der Waals surface area contributed by atoms with E-state index in [9.17, 15) is 0 Å². The summed E-state index contributed by atoms with van der Waals surface area (Å²) < 4.78 is 17.4. The molecule has 6 nitrogen and oxygen atoms in total. The Morgan fingerprint density at radius 1 is 0.906 bits per heavy atom. The molecule has 1 unspecified atom stereocenters. The molecular formula is C26H39N3O3. The Bertz CT molecular complexity index is 850. The second-order valence-corrected chi connectivity index (χ2v) is 9.57. The van der Waals surface area contributed by atoms with Crippen molar-refractivity contribution in [2.45, 2.75) is 70.9 Å². The van der Waals surface area contributed by atoms with Crippen molar-refractivity contribution in [3.05, 3.63) is 47.8 Å². The molecule has 176 valence electrons. The number of rotatable bonds is 11. The lowest BCUT2D eigenvalue weighted by Crippen LogP contribution is -2.50. The molecule has 0 aliphatic carbocycles. The maximum Gasteiger partial charge on any atom is 0.213 e. The summed E-state index contributed by atoms with van der Waals surface area (Å²) in [5.41, 5.74) is 1.83. The average Bonchev–Trinajstić information content (AvgIpc) is 3.32. The van der Waals surface area contributed by atoms with Gasteiger partial charge < -0.3 is 14.2 Å². The molecule has 1 aliphatic rings. The Labute approximate surface area is 193 Å². The molecule has 3 rings (SSSR count). The summed E-state index contributed by atoms with van der Waals surface area (Å²) in [5, 5.41) is 0. The average molecular weight is 442 g/mol. The molecule has 6 heteroatoms. The zero-order valence-corrected chi connectivity index (χ0v) is 20.5. The molecule has 0 saturated carbocycles. The van der Waals surface area contributed by atoms with Gasteiger partial charge in [0.05, 0.1) is 17.8 Å². The predicted octanol–water partition coefficient (Wildman–Crippen LogP) is 4.83. The number of nitrogens with zero attached hydrogens (tertiary/aromatic N) is 3. The lowest BCUT2D eigenvalue weighted by Gasteiger charge is -2.39. The molecule has 0 bridgehead atoms. The van der Waals surface area contributed by atoms with Gasteiger partial charge in [-0.1, -0.05) is 39.8 Å². The molecule has 1 fully saturated rings. The summed E-state index contributed by atoms with van der Waals surface area (Å²) in [6.45, 7) is 14.0. The van der Waals surface area contributed by atoms with Gasteiger partial charge in [0, 0.05) is 30.4 Å². The number of likely N-dealkylation sites (tertiary alicyclic amines) is 1. The van der Waals surface area contributed by atoms with Gasteiger partial charge in [0.1, 0.15) is 13.2 Å². The lowest BCUT2D eigenvalue weighted by atomic mass is 9.80. The van der Waals surface area contributed by atoms with Crippen LogP contribution in [0.1, 0.15) is 64.8 Å². The van der Waals surface area contributed by atoms with E-state index < -0.39 is 0 Å². The molecule has 2 atom stereocenters. The Kier molecular flexibility index (Phi) is 8.49. The van der Waals surface area contributed by atoms with E-state index in [4.69, 9.17) is 24.2 Å². The van der Waals surface area contributed by atoms with E-state index in [2.05, 4.69) is 44.7 Å². The van der Waals surface area contributed by atoms with E-state index in [1.807, 2.05) is 31.2 Å². The van der Waals surface area contributed by atoms with Gasteiger partial charge in [-0.15, -0.1) is 0 Å². The molecule has 2 aromatic heterocycles. The first-order chi connectivity index (χ1) is 15.3. The lowest BCUT2D eigenvalue weighted by molar-refractivity contribution is 0.0692. The van der Waals surface area contributed by atoms with Gasteiger partial charge in [-0.05, 0) is 50.9 Å². The fourth-order valence-corrected chi connectivity index (χ4v) is 4.12. The summed E-state index contributed by atoms with van der Waals surface area (Å²) in [7, 11) is 1.69. The third-order valence-corrected chi connectivity index (χ3v) is 6.39. The first kappa shape index (κ1) is 24.5. The van der Waals surface area contributed by atoms with Gasteiger partial charge in [-0.2, -0.15) is 0 Å². The van der Waals surface area contributed by atoms with Gasteiger partial charge in [-0.25, -0.2) is 9.97 Å². The molecule has 2 aromatic rings. The molecule has 32 heavy (non-hydrogen) atoms. The Morgan fingerprint density at radius 2 is 1.53 bits per heavy atom. The van der Waals surface area contributed by atoms with E-state index >= 15 is 0 Å². The third-order valence-electron chi connectivity index (χ3n) is 6.39. The molecule has 0 spiro atoms. The largest absolute Gasteiger partial charge is 0.476 e. The predicted molar refractivity (Wildman–Crippen MR) is 128 cm³/mol. The van der Waals surface area contributed by atoms with Crippen molar-refractivity contribution in [2.24, 2.45) is 0 Å². The van der Waals surface area contributed by atoms with Gasteiger partial charge in [0.25, 0.3) is 0 Å². The van der Waals surface area contributed by atoms with Crippen molar-refractivity contribution in [3.63, 3.8) is 0 Å². The van der Waals surface area contributed by atoms with Crippen molar-refractivity contribution in [1.82, 2.24) is 14.9 Å². The molecule has 1 saturated heterocycles. The highest BCUT2D eigenvalue weighted by molar-refractivity contribution is 5.24. The van der Waals surface area contributed by atoms with Crippen LogP contribution in [0.2, 0.25) is 0 Å². The van der Waals surface area contributed by atoms with E-state index in [1.165, 1.54) is 12.8 Å². The van der Waals surface area contributed by atoms with Gasteiger partial charge >= 0.3 is 0 Å². The molecule has 0 amide bonds. The minimum atomic E-state index is -0.230. The first-order valence-corrected chi connectivity index (χ1v) is 11.8. The van der Waals surface area contributed by atoms with Crippen LogP contribution in [-0.2, 0) is 10.2 Å². The summed E-state index contributed by atoms with van der Waals surface area (Å²) in [6, 6.07) is 12.2. The van der Waals surface area contributed by atoms with Crippen LogP contribution in [0.25, 0.3) is 0 Å². The van der Waals surface area contributed by atoms with Gasteiger partial charge in [-0.3, -0.25) is 4.90 Å². The van der Waals surface area contributed by atoms with E-state index in [0.717, 1.165) is 24.5 Å². The molecule has 1 aliphatic heterocycles. The minimum Gasteiger partial charge on any atom is -0.476 e. The van der Waals surface area contributed by atoms with Crippen molar-refractivity contribution in [2.75, 3.05) is 33.4 Å². The van der Waals surface area contributed by atoms with Crippen LogP contribution in [0.3, 0.4) is 0 Å². The smallest absolute Gasteiger partial charge is 0.213 e. The van der Waals surface area contributed by atoms with Crippen LogP contribution < -0.4 is 9.47 Å². The van der Waals surface area contributed by atoms with Crippen molar-refractivity contribution >= 4 is 0 Å². The molecular weight excluding hydrogens is 402 g/mol. The van der Waals surface area contributed by atoms with Crippen LogP contribution >= 0.6 is 0 Å². The quantitative estimate of drug-likeness (QED) is 0.498. The zero-order chi connectivity index (χ0) is 23.1. The first-order valence-electron chi connectivity index (χ1n) is 11.8. The van der Waals surface area contributed by atoms with Crippen LogP contribution in [0, 0.1) is 0 Å². The zero-order valence-electron chi connectivity index (χ0n) is 20.5. The monoisotopic (exact) mass is 441 g/mol. The second-order valence-electron chi connectivity index (χ2n) is 9.57. The maximum atomic E-state index is 6.27. The normalized spacial score (nSPS) is 16.8. The number of ether oxygens (including phenoxy) is 3. The van der Waals surface area contributed by atoms with Gasteiger partial charge in [0.2, 0.25) is 11.8 Å². The highest BCUT2D eigenvalue weighted by atomic mass is 16.5. The van der Waals surface area contributed by atoms with Crippen molar-refractivity contribution < 1.29 is 14.2 Å². The van der Waals surface area contributed by atoms with Crippen LogP contribution in [0.5, 0.6) is 11.8 Å². The number of pyridine rings is 2. The van der Waals surface area contributed by atoms with Gasteiger partial charge in [0.15, 0.2) is 0 Å². The van der Waals surface area contributed by atoms with Crippen molar-refractivity contribution in [3.8, 4) is 11.8 Å². The summed E-state index contributed by atoms with van der Waals surface area (Å²) in [5.74, 6) is 1.69. The molecule has 0 N–H and O–H groups in total. The number of aromatic nitrogens is 2. The van der Waals surface area contributed by atoms with E-state index in [1.54, 1.807) is 7.11 Å². The Hall–Kier alpha value is -2.18.